The highest BCUT2D eigenvalue weighted by Gasteiger charge is 2.41. The Morgan fingerprint density at radius 3 is 2.74 bits per heavy atom. The number of carbonyl (C=O) groups excluding carboxylic acids is 1. The molecule has 0 unspecified atom stereocenters. The van der Waals surface area contributed by atoms with Crippen LogP contribution in [0.4, 0.5) is 0 Å². The summed E-state index contributed by atoms with van der Waals surface area (Å²) in [7, 11) is 0. The quantitative estimate of drug-likeness (QED) is 0.756. The maximum absolute atomic E-state index is 12.5. The predicted molar refractivity (Wildman–Crippen MR) is 105 cm³/mol. The van der Waals surface area contributed by atoms with Gasteiger partial charge in [-0.3, -0.25) is 14.7 Å². The van der Waals surface area contributed by atoms with E-state index in [1.165, 1.54) is 6.42 Å². The average Bonchev–Trinajstić information content (AvgIpc) is 2.66. The van der Waals surface area contributed by atoms with Gasteiger partial charge in [0.05, 0.1) is 17.9 Å². The third-order valence-corrected chi connectivity index (χ3v) is 5.94. The van der Waals surface area contributed by atoms with Gasteiger partial charge in [0.1, 0.15) is 5.15 Å². The molecule has 142 valence electrons. The van der Waals surface area contributed by atoms with Gasteiger partial charge < -0.3 is 4.90 Å². The Kier molecular flexibility index (Phi) is 5.41. The maximum atomic E-state index is 12.5. The maximum Gasteiger partial charge on any atom is 0.222 e. The number of amides is 1. The van der Waals surface area contributed by atoms with E-state index in [9.17, 15) is 4.79 Å². The van der Waals surface area contributed by atoms with Crippen molar-refractivity contribution in [2.45, 2.75) is 38.8 Å². The van der Waals surface area contributed by atoms with E-state index >= 15 is 0 Å². The van der Waals surface area contributed by atoms with Crippen molar-refractivity contribution in [1.29, 1.82) is 0 Å². The van der Waals surface area contributed by atoms with Gasteiger partial charge in [-0.25, -0.2) is 4.98 Å². The fourth-order valence-corrected chi connectivity index (χ4v) is 4.66. The molecule has 0 saturated carbocycles. The van der Waals surface area contributed by atoms with Gasteiger partial charge >= 0.3 is 0 Å². The first-order valence-corrected chi connectivity index (χ1v) is 10.0. The first kappa shape index (κ1) is 18.4. The van der Waals surface area contributed by atoms with Crippen molar-refractivity contribution in [2.75, 3.05) is 19.6 Å². The third-order valence-electron chi connectivity index (χ3n) is 5.73. The minimum atomic E-state index is 0.180. The van der Waals surface area contributed by atoms with Gasteiger partial charge in [-0.1, -0.05) is 23.7 Å². The van der Waals surface area contributed by atoms with Crippen molar-refractivity contribution in [3.63, 3.8) is 0 Å². The third kappa shape index (κ3) is 4.47. The molecule has 1 amide bonds. The van der Waals surface area contributed by atoms with Crippen LogP contribution in [0.25, 0.3) is 0 Å². The fraction of sp³-hybridized carbons (Fsp3) is 0.476. The van der Waals surface area contributed by atoms with Crippen LogP contribution in [0.2, 0.25) is 5.15 Å². The van der Waals surface area contributed by atoms with Crippen LogP contribution in [0.5, 0.6) is 0 Å². The molecule has 2 aromatic rings. The largest absolute Gasteiger partial charge is 0.336 e. The number of aromatic nitrogens is 2. The molecule has 2 aromatic heterocycles. The molecule has 2 aliphatic rings. The molecule has 0 bridgehead atoms. The van der Waals surface area contributed by atoms with E-state index in [1.54, 1.807) is 6.20 Å². The van der Waals surface area contributed by atoms with Crippen LogP contribution in [0.15, 0.2) is 42.6 Å². The van der Waals surface area contributed by atoms with Crippen LogP contribution in [-0.2, 0) is 17.9 Å². The predicted octanol–water partition coefficient (Wildman–Crippen LogP) is 3.53. The van der Waals surface area contributed by atoms with Crippen molar-refractivity contribution >= 4 is 17.5 Å². The Morgan fingerprint density at radius 2 is 1.93 bits per heavy atom. The van der Waals surface area contributed by atoms with Crippen molar-refractivity contribution in [2.24, 2.45) is 5.41 Å². The summed E-state index contributed by atoms with van der Waals surface area (Å²) >= 11 is 6.04. The number of likely N-dealkylation sites (tertiary alicyclic amines) is 2. The lowest BCUT2D eigenvalue weighted by Crippen LogP contribution is -2.53. The van der Waals surface area contributed by atoms with Crippen LogP contribution in [-0.4, -0.2) is 45.3 Å². The number of nitrogens with zero attached hydrogens (tertiary/aromatic N) is 4. The van der Waals surface area contributed by atoms with E-state index in [2.05, 4.69) is 14.9 Å². The van der Waals surface area contributed by atoms with Crippen LogP contribution < -0.4 is 0 Å². The van der Waals surface area contributed by atoms with E-state index in [0.717, 1.165) is 50.4 Å². The first-order valence-electron chi connectivity index (χ1n) is 9.63. The van der Waals surface area contributed by atoms with Crippen molar-refractivity contribution < 1.29 is 4.79 Å². The van der Waals surface area contributed by atoms with Gasteiger partial charge in [0.25, 0.3) is 0 Å². The molecule has 2 fully saturated rings. The van der Waals surface area contributed by atoms with E-state index in [-0.39, 0.29) is 11.3 Å². The number of hydrogen-bond acceptors (Lipinski definition) is 4. The zero-order chi connectivity index (χ0) is 18.7. The summed E-state index contributed by atoms with van der Waals surface area (Å²) in [6.07, 6.45) is 5.74. The Morgan fingerprint density at radius 1 is 1.04 bits per heavy atom. The molecular formula is C21H25ClN4O. The molecule has 0 N–H and O–H groups in total. The second kappa shape index (κ2) is 7.95. The summed E-state index contributed by atoms with van der Waals surface area (Å²) in [6.45, 7) is 4.33. The lowest BCUT2D eigenvalue weighted by molar-refractivity contribution is -0.140. The molecular weight excluding hydrogens is 360 g/mol. The standard InChI is InChI=1S/C21H25ClN4O/c22-19-7-3-6-18(24-19)13-25-12-4-9-21(15-25)10-8-20(27)26(16-21)14-17-5-1-2-11-23-17/h1-3,5-7,11H,4,8-10,12-16H2/t21-/m1/s1. The lowest BCUT2D eigenvalue weighted by Gasteiger charge is -2.48. The van der Waals surface area contributed by atoms with Gasteiger partial charge in [0, 0.05) is 37.7 Å². The van der Waals surface area contributed by atoms with Gasteiger partial charge in [-0.15, -0.1) is 0 Å². The molecule has 0 radical (unpaired) electrons. The summed E-state index contributed by atoms with van der Waals surface area (Å²) in [6, 6.07) is 11.7. The first-order chi connectivity index (χ1) is 13.1. The Balaban J connectivity index is 1.44. The highest BCUT2D eigenvalue weighted by atomic mass is 35.5. The number of carbonyl (C=O) groups is 1. The normalized spacial score (nSPS) is 23.7. The summed E-state index contributed by atoms with van der Waals surface area (Å²) in [5, 5.41) is 0.545. The summed E-state index contributed by atoms with van der Waals surface area (Å²) in [5.41, 5.74) is 2.15. The topological polar surface area (TPSA) is 49.3 Å². The second-order valence-corrected chi connectivity index (χ2v) is 8.22. The number of pyridine rings is 2. The van der Waals surface area contributed by atoms with E-state index in [4.69, 9.17) is 11.6 Å². The van der Waals surface area contributed by atoms with Gasteiger partial charge in [-0.05, 0) is 50.1 Å². The molecule has 0 aliphatic carbocycles. The van der Waals surface area contributed by atoms with E-state index in [0.29, 0.717) is 18.1 Å². The summed E-state index contributed by atoms with van der Waals surface area (Å²) in [5.74, 6) is 0.250. The van der Waals surface area contributed by atoms with Crippen LogP contribution in [0.1, 0.15) is 37.1 Å². The Hall–Kier alpha value is -1.98. The van der Waals surface area contributed by atoms with Gasteiger partial charge in [0.2, 0.25) is 5.91 Å². The van der Waals surface area contributed by atoms with Crippen molar-refractivity contribution in [3.05, 3.63) is 59.1 Å². The van der Waals surface area contributed by atoms with Crippen molar-refractivity contribution in [3.8, 4) is 0 Å². The molecule has 4 heterocycles. The fourth-order valence-electron chi connectivity index (χ4n) is 4.48. The minimum absolute atomic E-state index is 0.180. The highest BCUT2D eigenvalue weighted by molar-refractivity contribution is 6.29. The zero-order valence-electron chi connectivity index (χ0n) is 15.5. The van der Waals surface area contributed by atoms with Gasteiger partial charge in [-0.2, -0.15) is 0 Å². The Bertz CT molecular complexity index is 800. The van der Waals surface area contributed by atoms with Crippen LogP contribution in [0.3, 0.4) is 0 Å². The molecule has 5 nitrogen and oxygen atoms in total. The van der Waals surface area contributed by atoms with E-state index in [1.807, 2.05) is 41.3 Å². The molecule has 2 saturated heterocycles. The SMILES string of the molecule is O=C1CC[C@@]2(CCCN(Cc3cccc(Cl)n3)C2)CN1Cc1ccccn1. The zero-order valence-corrected chi connectivity index (χ0v) is 16.2. The molecule has 27 heavy (non-hydrogen) atoms. The molecule has 6 heteroatoms. The number of hydrogen-bond donors (Lipinski definition) is 0. The number of halogens is 1. The molecule has 0 aromatic carbocycles. The van der Waals surface area contributed by atoms with Crippen molar-refractivity contribution in [1.82, 2.24) is 19.8 Å². The van der Waals surface area contributed by atoms with Crippen LogP contribution >= 0.6 is 11.6 Å². The molecule has 4 rings (SSSR count). The van der Waals surface area contributed by atoms with Gasteiger partial charge in [0.15, 0.2) is 0 Å². The molecule has 1 atom stereocenters. The highest BCUT2D eigenvalue weighted by Crippen LogP contribution is 2.39. The Labute approximate surface area is 165 Å². The number of rotatable bonds is 4. The average molecular weight is 385 g/mol. The molecule has 1 spiro atoms. The number of piperidine rings is 2. The summed E-state index contributed by atoms with van der Waals surface area (Å²) in [4.78, 5) is 25.8. The smallest absolute Gasteiger partial charge is 0.222 e. The minimum Gasteiger partial charge on any atom is -0.336 e. The van der Waals surface area contributed by atoms with E-state index < -0.39 is 0 Å². The molecule has 2 aliphatic heterocycles. The van der Waals surface area contributed by atoms with Crippen LogP contribution in [0, 0.1) is 5.41 Å². The lowest BCUT2D eigenvalue weighted by atomic mass is 9.73. The summed E-state index contributed by atoms with van der Waals surface area (Å²) < 4.78 is 0. The monoisotopic (exact) mass is 384 g/mol. The second-order valence-electron chi connectivity index (χ2n) is 7.84.